The molecule has 1 aromatic heterocycles. The SMILES string of the molecule is CC(C)CCNC(=O)c1ccc(Cn2c(SCC(=O)NCc3ccc(F)cc3)nc3ccccc3c2=O)cc1. The van der Waals surface area contributed by atoms with Crippen molar-refractivity contribution in [2.24, 2.45) is 5.92 Å². The number of aromatic nitrogens is 2. The van der Waals surface area contributed by atoms with Crippen LogP contribution in [0.4, 0.5) is 4.39 Å². The van der Waals surface area contributed by atoms with Crippen LogP contribution in [0.5, 0.6) is 0 Å². The van der Waals surface area contributed by atoms with Gasteiger partial charge in [-0.2, -0.15) is 0 Å². The summed E-state index contributed by atoms with van der Waals surface area (Å²) in [5.41, 5.74) is 2.52. The van der Waals surface area contributed by atoms with E-state index in [1.54, 1.807) is 47.0 Å². The molecule has 0 bridgehead atoms. The highest BCUT2D eigenvalue weighted by molar-refractivity contribution is 7.99. The first-order chi connectivity index (χ1) is 18.8. The summed E-state index contributed by atoms with van der Waals surface area (Å²) >= 11 is 1.18. The summed E-state index contributed by atoms with van der Waals surface area (Å²) in [4.78, 5) is 43.0. The van der Waals surface area contributed by atoms with Gasteiger partial charge in [0.25, 0.3) is 11.5 Å². The van der Waals surface area contributed by atoms with E-state index in [9.17, 15) is 18.8 Å². The normalized spacial score (nSPS) is 11.1. The van der Waals surface area contributed by atoms with Crippen molar-refractivity contribution < 1.29 is 14.0 Å². The molecule has 0 saturated heterocycles. The van der Waals surface area contributed by atoms with Crippen molar-refractivity contribution in [2.45, 2.75) is 38.5 Å². The highest BCUT2D eigenvalue weighted by Gasteiger charge is 2.14. The predicted octanol–water partition coefficient (Wildman–Crippen LogP) is 4.77. The topological polar surface area (TPSA) is 93.1 Å². The van der Waals surface area contributed by atoms with Gasteiger partial charge in [-0.3, -0.25) is 19.0 Å². The number of amides is 2. The van der Waals surface area contributed by atoms with Crippen LogP contribution in [-0.4, -0.2) is 33.7 Å². The van der Waals surface area contributed by atoms with Crippen LogP contribution in [-0.2, 0) is 17.9 Å². The van der Waals surface area contributed by atoms with Crippen LogP contribution >= 0.6 is 11.8 Å². The minimum Gasteiger partial charge on any atom is -0.352 e. The van der Waals surface area contributed by atoms with Crippen molar-refractivity contribution in [2.75, 3.05) is 12.3 Å². The lowest BCUT2D eigenvalue weighted by Gasteiger charge is -2.14. The zero-order valence-electron chi connectivity index (χ0n) is 21.9. The lowest BCUT2D eigenvalue weighted by molar-refractivity contribution is -0.118. The zero-order chi connectivity index (χ0) is 27.8. The van der Waals surface area contributed by atoms with Crippen LogP contribution in [0.25, 0.3) is 10.9 Å². The lowest BCUT2D eigenvalue weighted by Crippen LogP contribution is -2.27. The minimum absolute atomic E-state index is 0.0570. The van der Waals surface area contributed by atoms with E-state index in [1.807, 2.05) is 18.2 Å². The highest BCUT2D eigenvalue weighted by Crippen LogP contribution is 2.19. The number of hydrogen-bond acceptors (Lipinski definition) is 5. The standard InChI is InChI=1S/C30H31FN4O3S/c1-20(2)15-16-32-28(37)23-11-7-22(8-12-23)18-35-29(38)25-5-3-4-6-26(25)34-30(35)39-19-27(36)33-17-21-9-13-24(31)14-10-21/h3-14,20H,15-19H2,1-2H3,(H,32,37)(H,33,36). The molecule has 0 atom stereocenters. The van der Waals surface area contributed by atoms with E-state index in [1.165, 1.54) is 23.9 Å². The number of carbonyl (C=O) groups is 2. The summed E-state index contributed by atoms with van der Waals surface area (Å²) in [7, 11) is 0. The van der Waals surface area contributed by atoms with Crippen molar-refractivity contribution in [1.82, 2.24) is 20.2 Å². The van der Waals surface area contributed by atoms with Crippen molar-refractivity contribution in [1.29, 1.82) is 0 Å². The Labute approximate surface area is 230 Å². The van der Waals surface area contributed by atoms with Gasteiger partial charge in [-0.25, -0.2) is 9.37 Å². The second-order valence-electron chi connectivity index (χ2n) is 9.63. The molecule has 0 saturated carbocycles. The predicted molar refractivity (Wildman–Crippen MR) is 152 cm³/mol. The van der Waals surface area contributed by atoms with Gasteiger partial charge in [0.2, 0.25) is 5.91 Å². The fraction of sp³-hybridized carbons (Fsp3) is 0.267. The molecule has 0 aliphatic carbocycles. The van der Waals surface area contributed by atoms with E-state index < -0.39 is 0 Å². The van der Waals surface area contributed by atoms with Crippen LogP contribution in [0.1, 0.15) is 41.8 Å². The third-order valence-electron chi connectivity index (χ3n) is 6.13. The summed E-state index contributed by atoms with van der Waals surface area (Å²) in [5.74, 6) is -0.127. The van der Waals surface area contributed by atoms with Gasteiger partial charge in [-0.15, -0.1) is 0 Å². The molecular weight excluding hydrogens is 515 g/mol. The smallest absolute Gasteiger partial charge is 0.262 e. The van der Waals surface area contributed by atoms with Gasteiger partial charge in [0, 0.05) is 18.7 Å². The first kappa shape index (κ1) is 28.0. The zero-order valence-corrected chi connectivity index (χ0v) is 22.8. The summed E-state index contributed by atoms with van der Waals surface area (Å²) in [6.07, 6.45) is 0.909. The Morgan fingerprint density at radius 2 is 1.64 bits per heavy atom. The number of para-hydroxylation sites is 1. The summed E-state index contributed by atoms with van der Waals surface area (Å²) in [6.45, 7) is 5.35. The molecule has 2 amide bonds. The quantitative estimate of drug-likeness (QED) is 0.209. The maximum Gasteiger partial charge on any atom is 0.262 e. The molecule has 9 heteroatoms. The van der Waals surface area contributed by atoms with Crippen LogP contribution in [0.3, 0.4) is 0 Å². The Balaban J connectivity index is 1.48. The molecule has 2 N–H and O–H groups in total. The molecule has 0 spiro atoms. The van der Waals surface area contributed by atoms with Crippen LogP contribution in [0.2, 0.25) is 0 Å². The number of fused-ring (bicyclic) bond motifs is 1. The van der Waals surface area contributed by atoms with Gasteiger partial charge >= 0.3 is 0 Å². The van der Waals surface area contributed by atoms with E-state index >= 15 is 0 Å². The molecule has 39 heavy (non-hydrogen) atoms. The van der Waals surface area contributed by atoms with Gasteiger partial charge < -0.3 is 10.6 Å². The summed E-state index contributed by atoms with van der Waals surface area (Å²) < 4.78 is 14.7. The number of benzene rings is 3. The Bertz CT molecular complexity index is 1500. The number of nitrogens with zero attached hydrogens (tertiary/aromatic N) is 2. The van der Waals surface area contributed by atoms with Crippen molar-refractivity contribution in [3.8, 4) is 0 Å². The van der Waals surface area contributed by atoms with Gasteiger partial charge in [0.05, 0.1) is 23.2 Å². The Kier molecular flexibility index (Phi) is 9.49. The largest absolute Gasteiger partial charge is 0.352 e. The van der Waals surface area contributed by atoms with E-state index in [0.717, 1.165) is 17.5 Å². The Morgan fingerprint density at radius 1 is 0.949 bits per heavy atom. The number of hydrogen-bond donors (Lipinski definition) is 2. The lowest BCUT2D eigenvalue weighted by atomic mass is 10.1. The second-order valence-corrected chi connectivity index (χ2v) is 10.6. The molecule has 0 aliphatic rings. The number of thioether (sulfide) groups is 1. The fourth-order valence-corrected chi connectivity index (χ4v) is 4.73. The van der Waals surface area contributed by atoms with Crippen molar-refractivity contribution in [3.63, 3.8) is 0 Å². The van der Waals surface area contributed by atoms with Crippen molar-refractivity contribution >= 4 is 34.5 Å². The minimum atomic E-state index is -0.333. The van der Waals surface area contributed by atoms with Gasteiger partial charge in [0.15, 0.2) is 5.16 Å². The molecule has 4 aromatic rings. The average molecular weight is 547 g/mol. The Hall–Kier alpha value is -3.98. The van der Waals surface area contributed by atoms with Crippen LogP contribution in [0.15, 0.2) is 82.7 Å². The molecule has 0 unspecified atom stereocenters. The first-order valence-corrected chi connectivity index (χ1v) is 13.8. The maximum atomic E-state index is 13.4. The summed E-state index contributed by atoms with van der Waals surface area (Å²) in [5, 5.41) is 6.65. The van der Waals surface area contributed by atoms with E-state index in [0.29, 0.717) is 34.1 Å². The summed E-state index contributed by atoms with van der Waals surface area (Å²) in [6, 6.07) is 20.2. The number of rotatable bonds is 11. The molecule has 202 valence electrons. The van der Waals surface area contributed by atoms with Gasteiger partial charge in [-0.1, -0.05) is 62.0 Å². The van der Waals surface area contributed by atoms with Gasteiger partial charge in [-0.05, 0) is 59.9 Å². The third-order valence-corrected chi connectivity index (χ3v) is 7.10. The molecule has 4 rings (SSSR count). The highest BCUT2D eigenvalue weighted by atomic mass is 32.2. The maximum absolute atomic E-state index is 13.4. The first-order valence-electron chi connectivity index (χ1n) is 12.8. The second kappa shape index (κ2) is 13.2. The molecular formula is C30H31FN4O3S. The number of carbonyl (C=O) groups excluding carboxylic acids is 2. The van der Waals surface area contributed by atoms with E-state index in [4.69, 9.17) is 0 Å². The number of nitrogens with one attached hydrogen (secondary N) is 2. The van der Waals surface area contributed by atoms with E-state index in [2.05, 4.69) is 29.5 Å². The van der Waals surface area contributed by atoms with Crippen LogP contribution < -0.4 is 16.2 Å². The molecule has 0 radical (unpaired) electrons. The van der Waals surface area contributed by atoms with E-state index in [-0.39, 0.29) is 42.0 Å². The average Bonchev–Trinajstić information content (AvgIpc) is 2.93. The third kappa shape index (κ3) is 7.77. The molecule has 0 fully saturated rings. The van der Waals surface area contributed by atoms with Crippen LogP contribution in [0, 0.1) is 11.7 Å². The fourth-order valence-electron chi connectivity index (χ4n) is 3.90. The monoisotopic (exact) mass is 546 g/mol. The molecule has 1 heterocycles. The van der Waals surface area contributed by atoms with Crippen molar-refractivity contribution in [3.05, 3.63) is 106 Å². The van der Waals surface area contributed by atoms with Gasteiger partial charge in [0.1, 0.15) is 5.82 Å². The molecule has 3 aromatic carbocycles. The number of halogens is 1. The molecule has 7 nitrogen and oxygen atoms in total. The Morgan fingerprint density at radius 3 is 2.36 bits per heavy atom. The molecule has 0 aliphatic heterocycles.